The monoisotopic (exact) mass is 260 g/mol. The van der Waals surface area contributed by atoms with E-state index in [-0.39, 0.29) is 11.6 Å². The lowest BCUT2D eigenvalue weighted by atomic mass is 10.2. The molecule has 100 valence electrons. The van der Waals surface area contributed by atoms with Gasteiger partial charge in [0, 0.05) is 0 Å². The molecule has 4 N–H and O–H groups in total. The third kappa shape index (κ3) is 2.52. The van der Waals surface area contributed by atoms with Crippen LogP contribution >= 0.6 is 0 Å². The number of benzene rings is 1. The number of H-pyrrole nitrogens is 1. The van der Waals surface area contributed by atoms with Crippen molar-refractivity contribution in [2.24, 2.45) is 0 Å². The largest absolute Gasteiger partial charge is 0.495 e. The Morgan fingerprint density at radius 1 is 1.42 bits per heavy atom. The molecule has 6 nitrogen and oxygen atoms in total. The van der Waals surface area contributed by atoms with E-state index in [0.29, 0.717) is 22.8 Å². The number of anilines is 2. The Balaban J connectivity index is 2.26. The molecule has 6 heteroatoms. The van der Waals surface area contributed by atoms with Crippen LogP contribution in [0.25, 0.3) is 0 Å². The van der Waals surface area contributed by atoms with Crippen LogP contribution in [0.1, 0.15) is 21.7 Å². The molecule has 0 atom stereocenters. The first-order valence-electron chi connectivity index (χ1n) is 5.79. The lowest BCUT2D eigenvalue weighted by molar-refractivity contribution is 0.102. The number of aryl methyl sites for hydroxylation is 2. The standard InChI is InChI=1S/C13H16N4O2/c1-7-4-5-9(10(6-7)19-3)15-13(18)12-11(14)8(2)16-17-12/h4-6H,14H2,1-3H3,(H,15,18)(H,16,17). The summed E-state index contributed by atoms with van der Waals surface area (Å²) in [6.45, 7) is 3.70. The third-order valence-electron chi connectivity index (χ3n) is 2.81. The van der Waals surface area contributed by atoms with Gasteiger partial charge < -0.3 is 15.8 Å². The number of nitrogen functional groups attached to an aromatic ring is 1. The summed E-state index contributed by atoms with van der Waals surface area (Å²) < 4.78 is 5.22. The third-order valence-corrected chi connectivity index (χ3v) is 2.81. The maximum Gasteiger partial charge on any atom is 0.278 e. The predicted molar refractivity (Wildman–Crippen MR) is 73.4 cm³/mol. The van der Waals surface area contributed by atoms with E-state index in [1.54, 1.807) is 20.1 Å². The number of carbonyl (C=O) groups is 1. The smallest absolute Gasteiger partial charge is 0.278 e. The summed E-state index contributed by atoms with van der Waals surface area (Å²) in [5.74, 6) is 0.225. The van der Waals surface area contributed by atoms with E-state index in [4.69, 9.17) is 10.5 Å². The summed E-state index contributed by atoms with van der Waals surface area (Å²) in [5, 5.41) is 9.29. The Labute approximate surface area is 111 Å². The number of nitrogens with one attached hydrogen (secondary N) is 2. The highest BCUT2D eigenvalue weighted by atomic mass is 16.5. The van der Waals surface area contributed by atoms with Crippen molar-refractivity contribution in [1.29, 1.82) is 0 Å². The minimum absolute atomic E-state index is 0.181. The van der Waals surface area contributed by atoms with Gasteiger partial charge in [-0.3, -0.25) is 9.89 Å². The molecule has 0 aliphatic rings. The molecule has 0 spiro atoms. The zero-order valence-electron chi connectivity index (χ0n) is 11.1. The highest BCUT2D eigenvalue weighted by Crippen LogP contribution is 2.26. The van der Waals surface area contributed by atoms with E-state index in [0.717, 1.165) is 5.56 Å². The van der Waals surface area contributed by atoms with Crippen LogP contribution in [0.5, 0.6) is 5.75 Å². The number of aromatic amines is 1. The number of rotatable bonds is 3. The van der Waals surface area contributed by atoms with E-state index in [9.17, 15) is 4.79 Å². The number of nitrogens with two attached hydrogens (primary N) is 1. The molecule has 0 aliphatic heterocycles. The molecular formula is C13H16N4O2. The normalized spacial score (nSPS) is 10.3. The number of carbonyl (C=O) groups excluding carboxylic acids is 1. The molecule has 2 rings (SSSR count). The van der Waals surface area contributed by atoms with Crippen molar-refractivity contribution in [3.05, 3.63) is 35.2 Å². The van der Waals surface area contributed by atoms with Crippen molar-refractivity contribution in [3.63, 3.8) is 0 Å². The Kier molecular flexibility index (Phi) is 3.41. The summed E-state index contributed by atoms with van der Waals surface area (Å²) in [7, 11) is 1.55. The molecule has 0 saturated heterocycles. The molecule has 0 fully saturated rings. The van der Waals surface area contributed by atoms with Crippen LogP contribution in [-0.4, -0.2) is 23.2 Å². The molecule has 0 aliphatic carbocycles. The summed E-state index contributed by atoms with van der Waals surface area (Å²) in [6.07, 6.45) is 0. The second kappa shape index (κ2) is 5.01. The van der Waals surface area contributed by atoms with Gasteiger partial charge in [0.15, 0.2) is 5.69 Å². The summed E-state index contributed by atoms with van der Waals surface area (Å²) in [5.41, 5.74) is 8.59. The predicted octanol–water partition coefficient (Wildman–Crippen LogP) is 1.87. The average molecular weight is 260 g/mol. The molecule has 1 aromatic carbocycles. The van der Waals surface area contributed by atoms with Gasteiger partial charge in [0.05, 0.1) is 24.2 Å². The second-order valence-corrected chi connectivity index (χ2v) is 4.27. The van der Waals surface area contributed by atoms with E-state index >= 15 is 0 Å². The fourth-order valence-corrected chi connectivity index (χ4v) is 1.69. The molecule has 0 bridgehead atoms. The SMILES string of the molecule is COc1cc(C)ccc1NC(=O)c1n[nH]c(C)c1N. The van der Waals surface area contributed by atoms with Crippen LogP contribution in [0.15, 0.2) is 18.2 Å². The van der Waals surface area contributed by atoms with E-state index in [2.05, 4.69) is 15.5 Å². The molecule has 1 amide bonds. The van der Waals surface area contributed by atoms with Gasteiger partial charge in [0.2, 0.25) is 0 Å². The van der Waals surface area contributed by atoms with Crippen LogP contribution in [0.4, 0.5) is 11.4 Å². The molecule has 1 aromatic heterocycles. The number of amides is 1. The van der Waals surface area contributed by atoms with Gasteiger partial charge in [0.1, 0.15) is 5.75 Å². The maximum atomic E-state index is 12.1. The van der Waals surface area contributed by atoms with E-state index in [1.165, 1.54) is 0 Å². The Hall–Kier alpha value is -2.50. The van der Waals surface area contributed by atoms with Crippen LogP contribution in [-0.2, 0) is 0 Å². The van der Waals surface area contributed by atoms with Crippen molar-refractivity contribution in [1.82, 2.24) is 10.2 Å². The van der Waals surface area contributed by atoms with Crippen molar-refractivity contribution in [2.45, 2.75) is 13.8 Å². The molecule has 0 unspecified atom stereocenters. The number of aromatic nitrogens is 2. The number of ether oxygens (including phenoxy) is 1. The lowest BCUT2D eigenvalue weighted by Crippen LogP contribution is -2.15. The van der Waals surface area contributed by atoms with Gasteiger partial charge in [0.25, 0.3) is 5.91 Å². The van der Waals surface area contributed by atoms with Gasteiger partial charge in [-0.1, -0.05) is 6.07 Å². The fourth-order valence-electron chi connectivity index (χ4n) is 1.69. The highest BCUT2D eigenvalue weighted by Gasteiger charge is 2.16. The van der Waals surface area contributed by atoms with Gasteiger partial charge >= 0.3 is 0 Å². The minimum Gasteiger partial charge on any atom is -0.495 e. The highest BCUT2D eigenvalue weighted by molar-refractivity contribution is 6.07. The van der Waals surface area contributed by atoms with Gasteiger partial charge in [-0.25, -0.2) is 0 Å². The number of hydrogen-bond acceptors (Lipinski definition) is 4. The first kappa shape index (κ1) is 12.9. The lowest BCUT2D eigenvalue weighted by Gasteiger charge is -2.10. The Morgan fingerprint density at radius 2 is 2.16 bits per heavy atom. The number of methoxy groups -OCH3 is 1. The first-order valence-corrected chi connectivity index (χ1v) is 5.79. The average Bonchev–Trinajstić information content (AvgIpc) is 2.72. The zero-order chi connectivity index (χ0) is 14.0. The first-order chi connectivity index (χ1) is 9.02. The molecule has 1 heterocycles. The second-order valence-electron chi connectivity index (χ2n) is 4.27. The summed E-state index contributed by atoms with van der Waals surface area (Å²) in [4.78, 5) is 12.1. The van der Waals surface area contributed by atoms with Gasteiger partial charge in [-0.15, -0.1) is 0 Å². The Bertz CT molecular complexity index is 619. The molecule has 0 radical (unpaired) electrons. The topological polar surface area (TPSA) is 93.0 Å². The maximum absolute atomic E-state index is 12.1. The van der Waals surface area contributed by atoms with Gasteiger partial charge in [-0.2, -0.15) is 5.10 Å². The van der Waals surface area contributed by atoms with Crippen LogP contribution in [0, 0.1) is 13.8 Å². The van der Waals surface area contributed by atoms with Gasteiger partial charge in [-0.05, 0) is 31.5 Å². The van der Waals surface area contributed by atoms with Crippen molar-refractivity contribution >= 4 is 17.3 Å². The van der Waals surface area contributed by atoms with Crippen LogP contribution < -0.4 is 15.8 Å². The summed E-state index contributed by atoms with van der Waals surface area (Å²) >= 11 is 0. The quantitative estimate of drug-likeness (QED) is 0.785. The van der Waals surface area contributed by atoms with E-state index < -0.39 is 0 Å². The number of nitrogens with zero attached hydrogens (tertiary/aromatic N) is 1. The number of hydrogen-bond donors (Lipinski definition) is 3. The zero-order valence-corrected chi connectivity index (χ0v) is 11.1. The van der Waals surface area contributed by atoms with E-state index in [1.807, 2.05) is 19.1 Å². The molecule has 0 saturated carbocycles. The molecule has 19 heavy (non-hydrogen) atoms. The molecule has 2 aromatic rings. The van der Waals surface area contributed by atoms with Crippen LogP contribution in [0.3, 0.4) is 0 Å². The Morgan fingerprint density at radius 3 is 2.74 bits per heavy atom. The molecular weight excluding hydrogens is 244 g/mol. The van der Waals surface area contributed by atoms with Crippen LogP contribution in [0.2, 0.25) is 0 Å². The van der Waals surface area contributed by atoms with Crippen molar-refractivity contribution < 1.29 is 9.53 Å². The van der Waals surface area contributed by atoms with Crippen molar-refractivity contribution in [3.8, 4) is 5.75 Å². The fraction of sp³-hybridized carbons (Fsp3) is 0.231. The van der Waals surface area contributed by atoms with Crippen molar-refractivity contribution in [2.75, 3.05) is 18.2 Å². The minimum atomic E-state index is -0.371. The summed E-state index contributed by atoms with van der Waals surface area (Å²) in [6, 6.07) is 5.51.